The maximum Gasteiger partial charge on any atom is 0.312 e. The van der Waals surface area contributed by atoms with Crippen LogP contribution in [0.1, 0.15) is 32.6 Å². The number of methoxy groups -OCH3 is 1. The first-order chi connectivity index (χ1) is 6.76. The molecule has 3 nitrogen and oxygen atoms in total. The Morgan fingerprint density at radius 3 is 2.86 bits per heavy atom. The Morgan fingerprint density at radius 1 is 1.50 bits per heavy atom. The number of esters is 1. The molecule has 3 atom stereocenters. The normalized spacial score (nSPS) is 40.1. The lowest BCUT2D eigenvalue weighted by Gasteiger charge is -2.19. The number of carbonyl (C=O) groups is 1. The van der Waals surface area contributed by atoms with Crippen LogP contribution in [0.2, 0.25) is 0 Å². The van der Waals surface area contributed by atoms with Gasteiger partial charge in [0.2, 0.25) is 0 Å². The average molecular weight is 198 g/mol. The van der Waals surface area contributed by atoms with Crippen LogP contribution in [0, 0.1) is 11.8 Å². The number of hydrogen-bond acceptors (Lipinski definition) is 3. The van der Waals surface area contributed by atoms with Gasteiger partial charge < -0.3 is 9.47 Å². The molecule has 0 N–H and O–H groups in total. The minimum atomic E-state index is -0.148. The van der Waals surface area contributed by atoms with Crippen molar-refractivity contribution in [3.63, 3.8) is 0 Å². The molecule has 2 saturated carbocycles. The van der Waals surface area contributed by atoms with Crippen molar-refractivity contribution in [1.82, 2.24) is 0 Å². The van der Waals surface area contributed by atoms with Gasteiger partial charge in [-0.05, 0) is 19.8 Å². The van der Waals surface area contributed by atoms with Gasteiger partial charge in [0.05, 0.1) is 18.1 Å². The van der Waals surface area contributed by atoms with Crippen LogP contribution in [-0.4, -0.2) is 25.3 Å². The summed E-state index contributed by atoms with van der Waals surface area (Å²) in [6, 6.07) is 0. The molecule has 0 aromatic carbocycles. The van der Waals surface area contributed by atoms with Crippen LogP contribution in [0.3, 0.4) is 0 Å². The van der Waals surface area contributed by atoms with Crippen LogP contribution >= 0.6 is 0 Å². The molecule has 0 spiro atoms. The first kappa shape index (κ1) is 9.97. The molecule has 2 fully saturated rings. The van der Waals surface area contributed by atoms with E-state index >= 15 is 0 Å². The third-order valence-corrected chi connectivity index (χ3v) is 3.70. The van der Waals surface area contributed by atoms with E-state index in [0.29, 0.717) is 12.5 Å². The zero-order chi connectivity index (χ0) is 10.2. The lowest BCUT2D eigenvalue weighted by atomic mass is 9.98. The van der Waals surface area contributed by atoms with Gasteiger partial charge in [-0.2, -0.15) is 0 Å². The summed E-state index contributed by atoms with van der Waals surface area (Å²) in [7, 11) is 1.72. The summed E-state index contributed by atoms with van der Waals surface area (Å²) in [5.41, 5.74) is -0.148. The zero-order valence-corrected chi connectivity index (χ0v) is 8.91. The molecule has 0 saturated heterocycles. The molecule has 3 heteroatoms. The molecule has 14 heavy (non-hydrogen) atoms. The van der Waals surface area contributed by atoms with Gasteiger partial charge in [-0.3, -0.25) is 4.79 Å². The van der Waals surface area contributed by atoms with E-state index in [9.17, 15) is 4.79 Å². The second-order valence-corrected chi connectivity index (χ2v) is 4.24. The molecule has 3 unspecified atom stereocenters. The largest absolute Gasteiger partial charge is 0.466 e. The van der Waals surface area contributed by atoms with Crippen LogP contribution < -0.4 is 0 Å². The summed E-state index contributed by atoms with van der Waals surface area (Å²) >= 11 is 0. The zero-order valence-electron chi connectivity index (χ0n) is 8.91. The smallest absolute Gasteiger partial charge is 0.312 e. The van der Waals surface area contributed by atoms with E-state index in [2.05, 4.69) is 0 Å². The Bertz CT molecular complexity index is 239. The van der Waals surface area contributed by atoms with E-state index in [0.717, 1.165) is 12.8 Å². The van der Waals surface area contributed by atoms with Crippen molar-refractivity contribution in [3.05, 3.63) is 0 Å². The quantitative estimate of drug-likeness (QED) is 0.648. The van der Waals surface area contributed by atoms with Crippen LogP contribution in [0.15, 0.2) is 0 Å². The topological polar surface area (TPSA) is 35.5 Å². The van der Waals surface area contributed by atoms with Crippen LogP contribution in [0.4, 0.5) is 0 Å². The Kier molecular flexibility index (Phi) is 2.52. The highest BCUT2D eigenvalue weighted by Gasteiger charge is 2.69. The van der Waals surface area contributed by atoms with E-state index < -0.39 is 0 Å². The number of fused-ring (bicyclic) bond motifs is 1. The molecule has 2 rings (SSSR count). The van der Waals surface area contributed by atoms with E-state index in [1.165, 1.54) is 12.8 Å². The van der Waals surface area contributed by atoms with Gasteiger partial charge in [0, 0.05) is 13.0 Å². The molecule has 2 aliphatic carbocycles. The van der Waals surface area contributed by atoms with Crippen LogP contribution in [-0.2, 0) is 14.3 Å². The SMILES string of the molecule is CCOC(=O)C1C2CCCCC21OC. The molecule has 0 aliphatic heterocycles. The Labute approximate surface area is 84.8 Å². The predicted octanol–water partition coefficient (Wildman–Crippen LogP) is 1.75. The van der Waals surface area contributed by atoms with Gasteiger partial charge in [0.15, 0.2) is 0 Å². The summed E-state index contributed by atoms with van der Waals surface area (Å²) in [4.78, 5) is 11.6. The monoisotopic (exact) mass is 198 g/mol. The summed E-state index contributed by atoms with van der Waals surface area (Å²) < 4.78 is 10.6. The van der Waals surface area contributed by atoms with Crippen molar-refractivity contribution in [2.45, 2.75) is 38.2 Å². The molecule has 0 aromatic heterocycles. The number of ether oxygens (including phenoxy) is 2. The number of carbonyl (C=O) groups excluding carboxylic acids is 1. The maximum absolute atomic E-state index is 11.6. The third kappa shape index (κ3) is 1.26. The molecule has 2 aliphatic rings. The van der Waals surface area contributed by atoms with Gasteiger partial charge in [-0.1, -0.05) is 12.8 Å². The van der Waals surface area contributed by atoms with Crippen molar-refractivity contribution in [3.8, 4) is 0 Å². The van der Waals surface area contributed by atoms with Gasteiger partial charge >= 0.3 is 5.97 Å². The predicted molar refractivity (Wildman–Crippen MR) is 51.8 cm³/mol. The molecule has 0 aromatic rings. The van der Waals surface area contributed by atoms with E-state index in [4.69, 9.17) is 9.47 Å². The van der Waals surface area contributed by atoms with Gasteiger partial charge in [0.1, 0.15) is 0 Å². The summed E-state index contributed by atoms with van der Waals surface area (Å²) in [5.74, 6) is 0.400. The Morgan fingerprint density at radius 2 is 2.29 bits per heavy atom. The Hall–Kier alpha value is -0.570. The van der Waals surface area contributed by atoms with Crippen molar-refractivity contribution in [2.24, 2.45) is 11.8 Å². The summed E-state index contributed by atoms with van der Waals surface area (Å²) in [6.45, 7) is 2.32. The van der Waals surface area contributed by atoms with Crippen molar-refractivity contribution in [1.29, 1.82) is 0 Å². The molecule has 0 amide bonds. The second-order valence-electron chi connectivity index (χ2n) is 4.24. The molecular weight excluding hydrogens is 180 g/mol. The summed E-state index contributed by atoms with van der Waals surface area (Å²) in [6.07, 6.45) is 4.56. The highest BCUT2D eigenvalue weighted by molar-refractivity contribution is 5.79. The van der Waals surface area contributed by atoms with E-state index in [-0.39, 0.29) is 17.5 Å². The number of rotatable bonds is 3. The fraction of sp³-hybridized carbons (Fsp3) is 0.909. The molecule has 0 radical (unpaired) electrons. The second kappa shape index (κ2) is 3.54. The van der Waals surface area contributed by atoms with Crippen LogP contribution in [0.25, 0.3) is 0 Å². The minimum Gasteiger partial charge on any atom is -0.466 e. The van der Waals surface area contributed by atoms with Crippen LogP contribution in [0.5, 0.6) is 0 Å². The molecule has 80 valence electrons. The highest BCUT2D eigenvalue weighted by Crippen LogP contribution is 2.61. The third-order valence-electron chi connectivity index (χ3n) is 3.70. The lowest BCUT2D eigenvalue weighted by molar-refractivity contribution is -0.147. The highest BCUT2D eigenvalue weighted by atomic mass is 16.5. The van der Waals surface area contributed by atoms with E-state index in [1.807, 2.05) is 6.92 Å². The average Bonchev–Trinajstić information content (AvgIpc) is 2.87. The van der Waals surface area contributed by atoms with Crippen molar-refractivity contribution < 1.29 is 14.3 Å². The lowest BCUT2D eigenvalue weighted by Crippen LogP contribution is -2.22. The van der Waals surface area contributed by atoms with Crippen molar-refractivity contribution >= 4 is 5.97 Å². The first-order valence-corrected chi connectivity index (χ1v) is 5.48. The van der Waals surface area contributed by atoms with E-state index in [1.54, 1.807) is 7.11 Å². The van der Waals surface area contributed by atoms with Gasteiger partial charge in [0.25, 0.3) is 0 Å². The van der Waals surface area contributed by atoms with Gasteiger partial charge in [-0.15, -0.1) is 0 Å². The molecule has 0 bridgehead atoms. The summed E-state index contributed by atoms with van der Waals surface area (Å²) in [5, 5.41) is 0. The number of hydrogen-bond donors (Lipinski definition) is 0. The fourth-order valence-corrected chi connectivity index (χ4v) is 2.99. The molecule has 0 heterocycles. The fourth-order valence-electron chi connectivity index (χ4n) is 2.99. The maximum atomic E-state index is 11.6. The molecular formula is C11H18O3. The van der Waals surface area contributed by atoms with Gasteiger partial charge in [-0.25, -0.2) is 0 Å². The Balaban J connectivity index is 2.04. The van der Waals surface area contributed by atoms with Crippen molar-refractivity contribution in [2.75, 3.05) is 13.7 Å². The first-order valence-electron chi connectivity index (χ1n) is 5.48. The minimum absolute atomic E-state index is 0.0231. The standard InChI is InChI=1S/C11H18O3/c1-3-14-10(12)9-8-6-4-5-7-11(8,9)13-2/h8-9H,3-7H2,1-2H3.